The van der Waals surface area contributed by atoms with E-state index >= 15 is 0 Å². The first-order valence-corrected chi connectivity index (χ1v) is 15.1. The second kappa shape index (κ2) is 17.1. The molecular formula is C38H46O8. The second-order valence-corrected chi connectivity index (χ2v) is 12.0. The van der Waals surface area contributed by atoms with Gasteiger partial charge in [0.2, 0.25) is 5.76 Å². The van der Waals surface area contributed by atoms with Crippen LogP contribution in [0.4, 0.5) is 0 Å². The minimum Gasteiger partial charge on any atom is -0.505 e. The number of ketones is 1. The number of hydrogen-bond acceptors (Lipinski definition) is 8. The normalized spacial score (nSPS) is 22.9. The molecule has 8 heteroatoms. The SMILES string of the molecule is C/C=C/C(C)=C/C=C/C(C)=C/C=C/C=C(C)/C=C/C=C(C)/C=C/C1=C(C)C(=O)C(OC(=O)C(O)C2OC(=O)C(O)=C2O)CC1(C)C. The average Bonchev–Trinajstić information content (AvgIpc) is 3.24. The lowest BCUT2D eigenvalue weighted by Gasteiger charge is -2.36. The highest BCUT2D eigenvalue weighted by Gasteiger charge is 2.45. The molecule has 3 N–H and O–H groups in total. The van der Waals surface area contributed by atoms with Crippen LogP contribution in [0.1, 0.15) is 61.8 Å². The smallest absolute Gasteiger partial charge is 0.378 e. The first-order chi connectivity index (χ1) is 21.6. The molecule has 2 rings (SSSR count). The Morgan fingerprint density at radius 2 is 1.37 bits per heavy atom. The highest BCUT2D eigenvalue weighted by molar-refractivity contribution is 6.02. The summed E-state index contributed by atoms with van der Waals surface area (Å²) >= 11 is 0. The standard InChI is InChI=1S/C38H46O8/c1-9-14-24(2)17-12-18-25(3)15-10-11-16-26(4)19-13-20-27(5)21-22-29-28(6)31(39)30(23-38(29,7)8)45-37(44)34(42)35-32(40)33(41)36(43)46-35/h9-22,30,34-35,40-42H,23H2,1-8H3/b11-10+,14-9+,18-12+,19-13+,22-21+,24-17+,25-15+,26-16+,27-20+. The molecule has 246 valence electrons. The summed E-state index contributed by atoms with van der Waals surface area (Å²) in [6.45, 7) is 15.6. The van der Waals surface area contributed by atoms with Crippen LogP contribution in [0.3, 0.4) is 0 Å². The minimum atomic E-state index is -2.11. The van der Waals surface area contributed by atoms with Gasteiger partial charge in [0.15, 0.2) is 29.9 Å². The van der Waals surface area contributed by atoms with E-state index in [0.29, 0.717) is 5.57 Å². The van der Waals surface area contributed by atoms with Crippen LogP contribution in [-0.4, -0.2) is 51.4 Å². The average molecular weight is 631 g/mol. The molecule has 1 aliphatic heterocycles. The largest absolute Gasteiger partial charge is 0.505 e. The van der Waals surface area contributed by atoms with Gasteiger partial charge in [0.05, 0.1) is 0 Å². The van der Waals surface area contributed by atoms with E-state index in [2.05, 4.69) is 36.8 Å². The van der Waals surface area contributed by atoms with E-state index in [1.165, 1.54) is 5.57 Å². The molecule has 0 aromatic carbocycles. The zero-order valence-corrected chi connectivity index (χ0v) is 27.9. The van der Waals surface area contributed by atoms with Crippen molar-refractivity contribution >= 4 is 17.7 Å². The minimum absolute atomic E-state index is 0.150. The number of aliphatic hydroxyl groups is 3. The van der Waals surface area contributed by atoms with Crippen LogP contribution in [-0.2, 0) is 23.9 Å². The first-order valence-electron chi connectivity index (χ1n) is 15.1. The molecule has 0 aromatic rings. The summed E-state index contributed by atoms with van der Waals surface area (Å²) < 4.78 is 9.91. The van der Waals surface area contributed by atoms with Crippen molar-refractivity contribution in [1.29, 1.82) is 0 Å². The Kier molecular flexibility index (Phi) is 14.0. The van der Waals surface area contributed by atoms with E-state index in [4.69, 9.17) is 4.74 Å². The Balaban J connectivity index is 2.03. The first kappa shape index (κ1) is 37.5. The highest BCUT2D eigenvalue weighted by Crippen LogP contribution is 2.41. The Labute approximate surface area is 272 Å². The molecule has 1 aliphatic carbocycles. The predicted molar refractivity (Wildman–Crippen MR) is 181 cm³/mol. The van der Waals surface area contributed by atoms with Crippen LogP contribution >= 0.6 is 0 Å². The van der Waals surface area contributed by atoms with Gasteiger partial charge in [-0.25, -0.2) is 9.59 Å². The quantitative estimate of drug-likeness (QED) is 0.150. The molecule has 8 nitrogen and oxygen atoms in total. The summed E-state index contributed by atoms with van der Waals surface area (Å²) in [5.74, 6) is -5.01. The lowest BCUT2D eigenvalue weighted by atomic mass is 9.71. The summed E-state index contributed by atoms with van der Waals surface area (Å²) in [6.07, 6.45) is 23.1. The summed E-state index contributed by atoms with van der Waals surface area (Å²) in [4.78, 5) is 37.1. The van der Waals surface area contributed by atoms with Crippen LogP contribution in [0.15, 0.2) is 130 Å². The second-order valence-electron chi connectivity index (χ2n) is 12.0. The summed E-state index contributed by atoms with van der Waals surface area (Å²) in [5.41, 5.74) is 5.03. The van der Waals surface area contributed by atoms with Crippen molar-refractivity contribution in [3.8, 4) is 0 Å². The molecule has 0 amide bonds. The van der Waals surface area contributed by atoms with Gasteiger partial charge in [-0.1, -0.05) is 121 Å². The fraction of sp³-hybridized carbons (Fsp3) is 0.342. The van der Waals surface area contributed by atoms with Crippen molar-refractivity contribution in [3.05, 3.63) is 130 Å². The van der Waals surface area contributed by atoms with Crippen LogP contribution in [0.25, 0.3) is 0 Å². The van der Waals surface area contributed by atoms with E-state index in [1.807, 2.05) is 101 Å². The Hall–Kier alpha value is -4.69. The van der Waals surface area contributed by atoms with Gasteiger partial charge in [-0.05, 0) is 58.1 Å². The van der Waals surface area contributed by atoms with Gasteiger partial charge in [0, 0.05) is 6.42 Å². The fourth-order valence-electron chi connectivity index (χ4n) is 4.83. The number of esters is 2. The Morgan fingerprint density at radius 1 is 0.870 bits per heavy atom. The van der Waals surface area contributed by atoms with Crippen LogP contribution in [0.2, 0.25) is 0 Å². The highest BCUT2D eigenvalue weighted by atomic mass is 16.6. The Bertz CT molecular complexity index is 1530. The summed E-state index contributed by atoms with van der Waals surface area (Å²) in [5, 5.41) is 29.4. The fourth-order valence-corrected chi connectivity index (χ4v) is 4.83. The third-order valence-electron chi connectivity index (χ3n) is 7.43. The van der Waals surface area contributed by atoms with Crippen molar-refractivity contribution < 1.29 is 39.2 Å². The van der Waals surface area contributed by atoms with Gasteiger partial charge >= 0.3 is 11.9 Å². The topological polar surface area (TPSA) is 130 Å². The van der Waals surface area contributed by atoms with Crippen molar-refractivity contribution in [2.45, 2.75) is 80.1 Å². The third-order valence-corrected chi connectivity index (χ3v) is 7.43. The van der Waals surface area contributed by atoms with E-state index in [1.54, 1.807) is 6.92 Å². The van der Waals surface area contributed by atoms with Crippen LogP contribution in [0.5, 0.6) is 0 Å². The molecule has 3 unspecified atom stereocenters. The number of allylic oxidation sites excluding steroid dienone is 19. The molecule has 0 fully saturated rings. The molecule has 1 heterocycles. The number of hydrogen-bond donors (Lipinski definition) is 3. The van der Waals surface area contributed by atoms with E-state index < -0.39 is 53.0 Å². The molecule has 46 heavy (non-hydrogen) atoms. The molecule has 2 aliphatic rings. The van der Waals surface area contributed by atoms with Gasteiger partial charge in [0.1, 0.15) is 0 Å². The van der Waals surface area contributed by atoms with E-state index in [0.717, 1.165) is 22.3 Å². The maximum absolute atomic E-state index is 13.1. The molecule has 0 bridgehead atoms. The van der Waals surface area contributed by atoms with Gasteiger partial charge in [-0.15, -0.1) is 0 Å². The molecule has 0 saturated heterocycles. The van der Waals surface area contributed by atoms with Gasteiger partial charge < -0.3 is 24.8 Å². The van der Waals surface area contributed by atoms with Gasteiger partial charge in [-0.3, -0.25) is 4.79 Å². The number of Topliss-reactive ketones (excluding diaryl/α,β-unsaturated/α-hetero) is 1. The zero-order chi connectivity index (χ0) is 34.6. The number of aliphatic hydroxyl groups excluding tert-OH is 3. The lowest BCUT2D eigenvalue weighted by Crippen LogP contribution is -2.44. The maximum atomic E-state index is 13.1. The number of carbonyl (C=O) groups excluding carboxylic acids is 3. The van der Waals surface area contributed by atoms with Gasteiger partial charge in [-0.2, -0.15) is 0 Å². The van der Waals surface area contributed by atoms with Crippen LogP contribution < -0.4 is 0 Å². The van der Waals surface area contributed by atoms with Crippen molar-refractivity contribution in [2.24, 2.45) is 5.41 Å². The number of rotatable bonds is 12. The number of carbonyl (C=O) groups is 3. The van der Waals surface area contributed by atoms with Crippen molar-refractivity contribution in [2.75, 3.05) is 0 Å². The molecule has 0 saturated carbocycles. The third kappa shape index (κ3) is 10.7. The van der Waals surface area contributed by atoms with Crippen molar-refractivity contribution in [3.63, 3.8) is 0 Å². The monoisotopic (exact) mass is 630 g/mol. The van der Waals surface area contributed by atoms with E-state index in [-0.39, 0.29) is 6.42 Å². The number of ether oxygens (including phenoxy) is 2. The molecular weight excluding hydrogens is 584 g/mol. The van der Waals surface area contributed by atoms with Crippen LogP contribution in [0, 0.1) is 5.41 Å². The summed E-state index contributed by atoms with van der Waals surface area (Å²) in [6, 6.07) is 0. The molecule has 3 atom stereocenters. The Morgan fingerprint density at radius 3 is 1.87 bits per heavy atom. The summed E-state index contributed by atoms with van der Waals surface area (Å²) in [7, 11) is 0. The predicted octanol–water partition coefficient (Wildman–Crippen LogP) is 7.41. The molecule has 0 spiro atoms. The van der Waals surface area contributed by atoms with Crippen molar-refractivity contribution in [1.82, 2.24) is 0 Å². The van der Waals surface area contributed by atoms with Gasteiger partial charge in [0.25, 0.3) is 0 Å². The zero-order valence-electron chi connectivity index (χ0n) is 27.9. The lowest BCUT2D eigenvalue weighted by molar-refractivity contribution is -0.172. The molecule has 0 radical (unpaired) electrons. The molecule has 0 aromatic heterocycles. The number of cyclic esters (lactones) is 1. The van der Waals surface area contributed by atoms with E-state index in [9.17, 15) is 29.7 Å². The maximum Gasteiger partial charge on any atom is 0.378 e.